The molecule has 2 N–H and O–H groups in total. The molecular weight excluding hydrogens is 331 g/mol. The summed E-state index contributed by atoms with van der Waals surface area (Å²) in [5.41, 5.74) is 6.89. The minimum absolute atomic E-state index is 0.120. The van der Waals surface area contributed by atoms with Gasteiger partial charge in [0.1, 0.15) is 4.90 Å². The first-order valence-corrected chi connectivity index (χ1v) is 9.17. The number of benzene rings is 1. The molecule has 1 atom stereocenters. The summed E-state index contributed by atoms with van der Waals surface area (Å²) in [6.07, 6.45) is 2.62. The average Bonchev–Trinajstić information content (AvgIpc) is 2.45. The molecule has 1 saturated heterocycles. The Bertz CT molecular complexity index is 621. The van der Waals surface area contributed by atoms with E-state index >= 15 is 0 Å². The number of piperidine rings is 1. The standard InChI is InChI=1S/C14H20Cl2N2O2S/c1-9-7-12(15)10(2)14(13(9)16)21(19,20)18-6-4-3-5-11(18)8-17/h7,11H,3-6,8,17H2,1-2H3. The van der Waals surface area contributed by atoms with Gasteiger partial charge in [-0.15, -0.1) is 0 Å². The zero-order valence-corrected chi connectivity index (χ0v) is 14.5. The Labute approximate surface area is 136 Å². The molecule has 118 valence electrons. The molecule has 2 rings (SSSR count). The van der Waals surface area contributed by atoms with E-state index in [1.807, 2.05) is 0 Å². The van der Waals surface area contributed by atoms with Crippen molar-refractivity contribution < 1.29 is 8.42 Å². The van der Waals surface area contributed by atoms with Gasteiger partial charge < -0.3 is 5.73 Å². The number of hydrogen-bond donors (Lipinski definition) is 1. The Morgan fingerprint density at radius 3 is 2.62 bits per heavy atom. The highest BCUT2D eigenvalue weighted by Crippen LogP contribution is 2.36. The lowest BCUT2D eigenvalue weighted by molar-refractivity contribution is 0.257. The summed E-state index contributed by atoms with van der Waals surface area (Å²) < 4.78 is 27.5. The quantitative estimate of drug-likeness (QED) is 0.910. The molecule has 0 spiro atoms. The van der Waals surface area contributed by atoms with Crippen molar-refractivity contribution in [1.29, 1.82) is 0 Å². The van der Waals surface area contributed by atoms with Crippen LogP contribution in [0.25, 0.3) is 0 Å². The SMILES string of the molecule is Cc1cc(Cl)c(C)c(S(=O)(=O)N2CCCCC2CN)c1Cl. The molecule has 1 unspecified atom stereocenters. The Balaban J connectivity index is 2.59. The van der Waals surface area contributed by atoms with E-state index in [4.69, 9.17) is 28.9 Å². The molecule has 0 aromatic heterocycles. The fraction of sp³-hybridized carbons (Fsp3) is 0.571. The summed E-state index contributed by atoms with van der Waals surface area (Å²) in [7, 11) is -3.69. The molecule has 0 bridgehead atoms. The number of nitrogens with zero attached hydrogens (tertiary/aromatic N) is 1. The fourth-order valence-electron chi connectivity index (χ4n) is 2.76. The van der Waals surface area contributed by atoms with Gasteiger partial charge in [-0.3, -0.25) is 0 Å². The Morgan fingerprint density at radius 1 is 1.33 bits per heavy atom. The second kappa shape index (κ2) is 6.42. The van der Waals surface area contributed by atoms with E-state index in [-0.39, 0.29) is 16.0 Å². The first-order valence-electron chi connectivity index (χ1n) is 6.97. The lowest BCUT2D eigenvalue weighted by atomic mass is 10.1. The Hall–Kier alpha value is -0.330. The van der Waals surface area contributed by atoms with Gasteiger partial charge in [0, 0.05) is 24.2 Å². The summed E-state index contributed by atoms with van der Waals surface area (Å²) >= 11 is 12.4. The predicted molar refractivity (Wildman–Crippen MR) is 86.5 cm³/mol. The highest BCUT2D eigenvalue weighted by atomic mass is 35.5. The highest BCUT2D eigenvalue weighted by Gasteiger charge is 2.35. The number of aryl methyl sites for hydroxylation is 1. The van der Waals surface area contributed by atoms with Crippen molar-refractivity contribution in [1.82, 2.24) is 4.31 Å². The summed E-state index contributed by atoms with van der Waals surface area (Å²) in [4.78, 5) is 0.120. The van der Waals surface area contributed by atoms with E-state index < -0.39 is 10.0 Å². The van der Waals surface area contributed by atoms with Gasteiger partial charge in [-0.1, -0.05) is 29.6 Å². The van der Waals surface area contributed by atoms with Crippen molar-refractivity contribution in [2.45, 2.75) is 44.0 Å². The number of halogens is 2. The van der Waals surface area contributed by atoms with Crippen LogP contribution in [-0.4, -0.2) is 31.9 Å². The first-order chi connectivity index (χ1) is 9.80. The molecule has 1 aliphatic heterocycles. The van der Waals surface area contributed by atoms with Gasteiger partial charge in [0.2, 0.25) is 10.0 Å². The number of sulfonamides is 1. The molecule has 0 saturated carbocycles. The van der Waals surface area contributed by atoms with Gasteiger partial charge in [0.05, 0.1) is 5.02 Å². The number of rotatable bonds is 3. The maximum atomic E-state index is 13.0. The molecule has 1 heterocycles. The lowest BCUT2D eigenvalue weighted by Crippen LogP contribution is -2.47. The fourth-order valence-corrected chi connectivity index (χ4v) is 5.64. The summed E-state index contributed by atoms with van der Waals surface area (Å²) in [6.45, 7) is 4.23. The molecule has 1 aromatic carbocycles. The lowest BCUT2D eigenvalue weighted by Gasteiger charge is -2.34. The van der Waals surface area contributed by atoms with Crippen LogP contribution in [0.1, 0.15) is 30.4 Å². The van der Waals surface area contributed by atoms with Gasteiger partial charge in [0.25, 0.3) is 0 Å². The van der Waals surface area contributed by atoms with Crippen LogP contribution in [0.5, 0.6) is 0 Å². The summed E-state index contributed by atoms with van der Waals surface area (Å²) in [5, 5.41) is 0.662. The number of hydrogen-bond acceptors (Lipinski definition) is 3. The zero-order valence-electron chi connectivity index (χ0n) is 12.2. The van der Waals surface area contributed by atoms with Crippen molar-refractivity contribution in [3.63, 3.8) is 0 Å². The van der Waals surface area contributed by atoms with Crippen molar-refractivity contribution in [2.24, 2.45) is 5.73 Å². The predicted octanol–water partition coefficient (Wildman–Crippen LogP) is 3.11. The Morgan fingerprint density at radius 2 is 2.00 bits per heavy atom. The maximum absolute atomic E-state index is 13.0. The topological polar surface area (TPSA) is 63.4 Å². The molecule has 0 radical (unpaired) electrons. The molecule has 1 fully saturated rings. The summed E-state index contributed by atoms with van der Waals surface area (Å²) in [6, 6.07) is 1.52. The second-order valence-electron chi connectivity index (χ2n) is 5.44. The van der Waals surface area contributed by atoms with Crippen molar-refractivity contribution in [3.8, 4) is 0 Å². The van der Waals surface area contributed by atoms with Crippen LogP contribution in [-0.2, 0) is 10.0 Å². The van der Waals surface area contributed by atoms with Crippen LogP contribution in [0.4, 0.5) is 0 Å². The molecule has 0 aliphatic carbocycles. The van der Waals surface area contributed by atoms with Gasteiger partial charge in [-0.25, -0.2) is 8.42 Å². The average molecular weight is 351 g/mol. The third-order valence-electron chi connectivity index (χ3n) is 4.00. The molecule has 4 nitrogen and oxygen atoms in total. The van der Waals surface area contributed by atoms with Crippen molar-refractivity contribution in [3.05, 3.63) is 27.2 Å². The van der Waals surface area contributed by atoms with E-state index in [1.165, 1.54) is 4.31 Å². The van der Waals surface area contributed by atoms with E-state index in [1.54, 1.807) is 19.9 Å². The second-order valence-corrected chi connectivity index (χ2v) is 8.06. The van der Waals surface area contributed by atoms with Gasteiger partial charge in [0.15, 0.2) is 0 Å². The number of nitrogens with two attached hydrogens (primary N) is 1. The smallest absolute Gasteiger partial charge is 0.245 e. The van der Waals surface area contributed by atoms with Gasteiger partial charge >= 0.3 is 0 Å². The van der Waals surface area contributed by atoms with Crippen LogP contribution < -0.4 is 5.73 Å². The third-order valence-corrected chi connectivity index (χ3v) is 7.12. The van der Waals surface area contributed by atoms with Gasteiger partial charge in [-0.05, 0) is 43.9 Å². The minimum Gasteiger partial charge on any atom is -0.329 e. The van der Waals surface area contributed by atoms with Crippen LogP contribution in [0.2, 0.25) is 10.0 Å². The minimum atomic E-state index is -3.69. The van der Waals surface area contributed by atoms with Crippen LogP contribution in [0.3, 0.4) is 0 Å². The van der Waals surface area contributed by atoms with E-state index in [0.717, 1.165) is 19.3 Å². The van der Waals surface area contributed by atoms with Crippen LogP contribution in [0, 0.1) is 13.8 Å². The van der Waals surface area contributed by atoms with Gasteiger partial charge in [-0.2, -0.15) is 4.31 Å². The molecule has 7 heteroatoms. The molecule has 1 aliphatic rings. The highest BCUT2D eigenvalue weighted by molar-refractivity contribution is 7.89. The molecule has 1 aromatic rings. The van der Waals surface area contributed by atoms with Crippen LogP contribution >= 0.6 is 23.2 Å². The van der Waals surface area contributed by atoms with E-state index in [2.05, 4.69) is 0 Å². The normalized spacial score (nSPS) is 20.7. The van der Waals surface area contributed by atoms with Crippen molar-refractivity contribution in [2.75, 3.05) is 13.1 Å². The third kappa shape index (κ3) is 3.08. The zero-order chi connectivity index (χ0) is 15.8. The Kier molecular flexibility index (Phi) is 5.21. The molecular formula is C14H20Cl2N2O2S. The van der Waals surface area contributed by atoms with Crippen molar-refractivity contribution >= 4 is 33.2 Å². The largest absolute Gasteiger partial charge is 0.329 e. The summed E-state index contributed by atoms with van der Waals surface area (Å²) in [5.74, 6) is 0. The molecule has 21 heavy (non-hydrogen) atoms. The van der Waals surface area contributed by atoms with E-state index in [9.17, 15) is 8.42 Å². The van der Waals surface area contributed by atoms with Crippen LogP contribution in [0.15, 0.2) is 11.0 Å². The maximum Gasteiger partial charge on any atom is 0.245 e. The molecule has 0 amide bonds. The monoisotopic (exact) mass is 350 g/mol. The first kappa shape index (κ1) is 17.0. The van der Waals surface area contributed by atoms with E-state index in [0.29, 0.717) is 29.2 Å².